The highest BCUT2D eigenvalue weighted by Gasteiger charge is 2.22. The number of rotatable bonds is 8. The van der Waals surface area contributed by atoms with Crippen LogP contribution >= 0.6 is 24.0 Å². The summed E-state index contributed by atoms with van der Waals surface area (Å²) in [5.41, 5.74) is 1.64. The van der Waals surface area contributed by atoms with Crippen molar-refractivity contribution in [3.8, 4) is 5.75 Å². The van der Waals surface area contributed by atoms with Crippen molar-refractivity contribution in [2.45, 2.75) is 52.8 Å². The van der Waals surface area contributed by atoms with Crippen LogP contribution in [0.15, 0.2) is 23.2 Å². The minimum absolute atomic E-state index is 0. The Kier molecular flexibility index (Phi) is 10.9. The minimum atomic E-state index is -2.84. The van der Waals surface area contributed by atoms with E-state index in [4.69, 9.17) is 0 Å². The van der Waals surface area contributed by atoms with E-state index in [2.05, 4.69) is 32.2 Å². The van der Waals surface area contributed by atoms with Gasteiger partial charge < -0.3 is 15.4 Å². The smallest absolute Gasteiger partial charge is 0.387 e. The number of halogens is 3. The largest absolute Gasteiger partial charge is 0.434 e. The lowest BCUT2D eigenvalue weighted by molar-refractivity contribution is -0.0504. The first kappa shape index (κ1) is 23.9. The van der Waals surface area contributed by atoms with Gasteiger partial charge in [0.1, 0.15) is 5.75 Å². The van der Waals surface area contributed by atoms with Gasteiger partial charge in [0.15, 0.2) is 5.96 Å². The van der Waals surface area contributed by atoms with Crippen LogP contribution in [0.1, 0.15) is 37.8 Å². The van der Waals surface area contributed by atoms with E-state index < -0.39 is 6.61 Å². The van der Waals surface area contributed by atoms with Crippen LogP contribution in [0, 0.1) is 6.92 Å². The number of alkyl halides is 2. The van der Waals surface area contributed by atoms with Crippen LogP contribution in [-0.4, -0.2) is 49.7 Å². The summed E-state index contributed by atoms with van der Waals surface area (Å²) in [4.78, 5) is 7.02. The minimum Gasteiger partial charge on any atom is -0.434 e. The number of aliphatic imine (C=N–C) groups is 1. The summed E-state index contributed by atoms with van der Waals surface area (Å²) < 4.78 is 29.8. The molecule has 1 unspecified atom stereocenters. The van der Waals surface area contributed by atoms with Crippen LogP contribution in [0.25, 0.3) is 0 Å². The summed E-state index contributed by atoms with van der Waals surface area (Å²) in [5, 5.41) is 6.60. The Bertz CT molecular complexity index is 601. The van der Waals surface area contributed by atoms with Crippen molar-refractivity contribution in [1.29, 1.82) is 0 Å². The van der Waals surface area contributed by atoms with Gasteiger partial charge in [-0.2, -0.15) is 8.78 Å². The molecule has 0 spiro atoms. The van der Waals surface area contributed by atoms with Gasteiger partial charge in [0.05, 0.1) is 6.54 Å². The lowest BCUT2D eigenvalue weighted by Crippen LogP contribution is -2.44. The second-order valence-electron chi connectivity index (χ2n) is 6.49. The molecule has 1 aliphatic heterocycles. The molecule has 1 aliphatic rings. The summed E-state index contributed by atoms with van der Waals surface area (Å²) in [7, 11) is 0. The Morgan fingerprint density at radius 2 is 2.11 bits per heavy atom. The molecule has 1 atom stereocenters. The lowest BCUT2D eigenvalue weighted by atomic mass is 10.1. The van der Waals surface area contributed by atoms with Crippen molar-refractivity contribution >= 4 is 29.9 Å². The van der Waals surface area contributed by atoms with Crippen LogP contribution in [0.2, 0.25) is 0 Å². The molecule has 0 aromatic heterocycles. The van der Waals surface area contributed by atoms with Gasteiger partial charge in [-0.1, -0.05) is 24.6 Å². The van der Waals surface area contributed by atoms with E-state index in [0.29, 0.717) is 17.6 Å². The highest BCUT2D eigenvalue weighted by atomic mass is 127. The number of nitrogens with one attached hydrogen (secondary N) is 2. The Balaban J connectivity index is 0.00000364. The van der Waals surface area contributed by atoms with Crippen molar-refractivity contribution in [3.63, 3.8) is 0 Å². The van der Waals surface area contributed by atoms with Gasteiger partial charge in [0.25, 0.3) is 0 Å². The maximum Gasteiger partial charge on any atom is 0.387 e. The molecular formula is C19H31F2IN4O. The molecule has 27 heavy (non-hydrogen) atoms. The first-order chi connectivity index (χ1) is 12.5. The van der Waals surface area contributed by atoms with Gasteiger partial charge in [-0.05, 0) is 45.8 Å². The second-order valence-corrected chi connectivity index (χ2v) is 6.49. The SMILES string of the molecule is CCNC(=NCc1cc(C)ccc1OC(F)F)NCC1CCCN1CC.I. The van der Waals surface area contributed by atoms with Crippen LogP contribution < -0.4 is 15.4 Å². The monoisotopic (exact) mass is 496 g/mol. The summed E-state index contributed by atoms with van der Waals surface area (Å²) in [6.45, 7) is 7.31. The van der Waals surface area contributed by atoms with Gasteiger partial charge >= 0.3 is 6.61 Å². The lowest BCUT2D eigenvalue weighted by Gasteiger charge is -2.24. The number of hydrogen-bond acceptors (Lipinski definition) is 3. The molecule has 0 amide bonds. The van der Waals surface area contributed by atoms with Crippen molar-refractivity contribution in [3.05, 3.63) is 29.3 Å². The van der Waals surface area contributed by atoms with E-state index >= 15 is 0 Å². The summed E-state index contributed by atoms with van der Waals surface area (Å²) in [6, 6.07) is 5.68. The van der Waals surface area contributed by atoms with Gasteiger partial charge in [-0.3, -0.25) is 4.90 Å². The molecule has 1 aromatic carbocycles. The van der Waals surface area contributed by atoms with Crippen LogP contribution in [-0.2, 0) is 6.54 Å². The van der Waals surface area contributed by atoms with Gasteiger partial charge in [-0.15, -0.1) is 24.0 Å². The Morgan fingerprint density at radius 3 is 2.78 bits per heavy atom. The highest BCUT2D eigenvalue weighted by molar-refractivity contribution is 14.0. The predicted octanol–water partition coefficient (Wildman–Crippen LogP) is 3.75. The molecule has 1 saturated heterocycles. The molecule has 5 nitrogen and oxygen atoms in total. The zero-order valence-electron chi connectivity index (χ0n) is 16.3. The molecule has 0 saturated carbocycles. The number of aryl methyl sites for hydroxylation is 1. The number of likely N-dealkylation sites (N-methyl/N-ethyl adjacent to an activating group) is 1. The van der Waals surface area contributed by atoms with E-state index in [1.807, 2.05) is 19.9 Å². The number of nitrogens with zero attached hydrogens (tertiary/aromatic N) is 2. The topological polar surface area (TPSA) is 48.9 Å². The van der Waals surface area contributed by atoms with Crippen molar-refractivity contribution in [2.75, 3.05) is 26.2 Å². The average Bonchev–Trinajstić information content (AvgIpc) is 3.06. The standard InChI is InChI=1S/C19H30F2N4O.HI/c1-4-22-19(24-13-16-7-6-10-25(16)5-2)23-12-15-11-14(3)8-9-17(15)26-18(20)21;/h8-9,11,16,18H,4-7,10,12-13H2,1-3H3,(H2,22,23,24);1H. The predicted molar refractivity (Wildman–Crippen MR) is 116 cm³/mol. The first-order valence-electron chi connectivity index (χ1n) is 9.34. The van der Waals surface area contributed by atoms with Crippen LogP contribution in [0.3, 0.4) is 0 Å². The Labute approximate surface area is 178 Å². The van der Waals surface area contributed by atoms with E-state index in [1.165, 1.54) is 12.8 Å². The zero-order chi connectivity index (χ0) is 18.9. The van der Waals surface area contributed by atoms with E-state index in [9.17, 15) is 8.78 Å². The number of ether oxygens (including phenoxy) is 1. The van der Waals surface area contributed by atoms with Gasteiger partial charge in [-0.25, -0.2) is 4.99 Å². The van der Waals surface area contributed by atoms with Crippen molar-refractivity contribution in [1.82, 2.24) is 15.5 Å². The molecular weight excluding hydrogens is 465 g/mol. The van der Waals surface area contributed by atoms with E-state index in [0.717, 1.165) is 31.7 Å². The first-order valence-corrected chi connectivity index (χ1v) is 9.34. The molecule has 0 radical (unpaired) electrons. The number of guanidine groups is 1. The Hall–Kier alpha value is -1.16. The second kappa shape index (κ2) is 12.3. The maximum atomic E-state index is 12.6. The Morgan fingerprint density at radius 1 is 1.33 bits per heavy atom. The molecule has 0 bridgehead atoms. The molecule has 154 valence electrons. The molecule has 0 aliphatic carbocycles. The average molecular weight is 496 g/mol. The van der Waals surface area contributed by atoms with Crippen molar-refractivity contribution in [2.24, 2.45) is 4.99 Å². The van der Waals surface area contributed by atoms with Gasteiger partial charge in [0, 0.05) is 24.7 Å². The summed E-state index contributed by atoms with van der Waals surface area (Å²) in [6.07, 6.45) is 2.41. The molecule has 2 N–H and O–H groups in total. The van der Waals surface area contributed by atoms with Gasteiger partial charge in [0.2, 0.25) is 0 Å². The third-order valence-electron chi connectivity index (χ3n) is 4.59. The third kappa shape index (κ3) is 7.77. The fraction of sp³-hybridized carbons (Fsp3) is 0.632. The number of hydrogen-bond donors (Lipinski definition) is 2. The van der Waals surface area contributed by atoms with Crippen LogP contribution in [0.4, 0.5) is 8.78 Å². The van der Waals surface area contributed by atoms with Crippen molar-refractivity contribution < 1.29 is 13.5 Å². The molecule has 1 heterocycles. The molecule has 1 fully saturated rings. The fourth-order valence-corrected chi connectivity index (χ4v) is 3.31. The van der Waals surface area contributed by atoms with E-state index in [1.54, 1.807) is 12.1 Å². The third-order valence-corrected chi connectivity index (χ3v) is 4.59. The molecule has 1 aromatic rings. The number of benzene rings is 1. The maximum absolute atomic E-state index is 12.6. The fourth-order valence-electron chi connectivity index (χ4n) is 3.31. The summed E-state index contributed by atoms with van der Waals surface area (Å²) >= 11 is 0. The normalized spacial score (nSPS) is 17.7. The quantitative estimate of drug-likeness (QED) is 0.327. The zero-order valence-corrected chi connectivity index (χ0v) is 18.6. The molecule has 2 rings (SSSR count). The highest BCUT2D eigenvalue weighted by Crippen LogP contribution is 2.23. The van der Waals surface area contributed by atoms with Crippen LogP contribution in [0.5, 0.6) is 5.75 Å². The van der Waals surface area contributed by atoms with E-state index in [-0.39, 0.29) is 36.3 Å². The summed E-state index contributed by atoms with van der Waals surface area (Å²) in [5.74, 6) is 0.873. The number of likely N-dealkylation sites (tertiary alicyclic amines) is 1. The molecule has 8 heteroatoms.